The maximum atomic E-state index is 12.4. The Balaban J connectivity index is 2.05. The second-order valence-corrected chi connectivity index (χ2v) is 7.23. The summed E-state index contributed by atoms with van der Waals surface area (Å²) in [7, 11) is 0. The number of benzene rings is 1. The van der Waals surface area contributed by atoms with Crippen LogP contribution >= 0.6 is 0 Å². The van der Waals surface area contributed by atoms with Crippen LogP contribution < -0.4 is 0 Å². The van der Waals surface area contributed by atoms with Crippen LogP contribution in [0.25, 0.3) is 0 Å². The molecule has 150 valence electrons. The molecule has 1 aliphatic rings. The first-order valence-electron chi connectivity index (χ1n) is 8.83. The summed E-state index contributed by atoms with van der Waals surface area (Å²) in [4.78, 5) is 23.5. The molecule has 4 N–H and O–H groups in total. The van der Waals surface area contributed by atoms with Gasteiger partial charge in [0, 0.05) is 0 Å². The number of rotatable bonds is 6. The van der Waals surface area contributed by atoms with Crippen molar-refractivity contribution in [1.82, 2.24) is 0 Å². The third-order valence-corrected chi connectivity index (χ3v) is 4.52. The van der Waals surface area contributed by atoms with E-state index in [1.807, 2.05) is 12.1 Å². The molecular formula is C19H26O8. The van der Waals surface area contributed by atoms with Gasteiger partial charge in [-0.15, -0.1) is 0 Å². The van der Waals surface area contributed by atoms with E-state index in [4.69, 9.17) is 14.6 Å². The molecule has 1 aliphatic heterocycles. The highest BCUT2D eigenvalue weighted by molar-refractivity contribution is 5.78. The standard InChI is InChI=1S/C19H26O8/c1-9(2)8-11-4-6-12(7-5-11)10(3)18(25)27-19-15(22)13(20)14(21)16(26-19)17(23)24/h4-7,9-10,13-16,19-22H,8H2,1-3H3,(H,23,24)/t10-,13+,14+,15-,16+,19+/m0/s1. The lowest BCUT2D eigenvalue weighted by atomic mass is 9.96. The van der Waals surface area contributed by atoms with E-state index in [1.165, 1.54) is 0 Å². The van der Waals surface area contributed by atoms with E-state index in [1.54, 1.807) is 19.1 Å². The number of carbonyl (C=O) groups excluding carboxylic acids is 1. The van der Waals surface area contributed by atoms with Crippen molar-refractivity contribution in [3.8, 4) is 0 Å². The maximum Gasteiger partial charge on any atom is 0.335 e. The largest absolute Gasteiger partial charge is 0.479 e. The first-order chi connectivity index (χ1) is 12.6. The summed E-state index contributed by atoms with van der Waals surface area (Å²) >= 11 is 0. The first kappa shape index (κ1) is 21.3. The van der Waals surface area contributed by atoms with E-state index in [0.29, 0.717) is 11.5 Å². The third-order valence-electron chi connectivity index (χ3n) is 4.52. The monoisotopic (exact) mass is 382 g/mol. The Morgan fingerprint density at radius 3 is 2.15 bits per heavy atom. The number of ether oxygens (including phenoxy) is 2. The Morgan fingerprint density at radius 2 is 1.63 bits per heavy atom. The molecule has 0 radical (unpaired) electrons. The lowest BCUT2D eigenvalue weighted by Crippen LogP contribution is -2.60. The fraction of sp³-hybridized carbons (Fsp3) is 0.579. The van der Waals surface area contributed by atoms with Crippen molar-refractivity contribution in [3.05, 3.63) is 35.4 Å². The van der Waals surface area contributed by atoms with Gasteiger partial charge in [-0.2, -0.15) is 0 Å². The quantitative estimate of drug-likeness (QED) is 0.520. The minimum Gasteiger partial charge on any atom is -0.479 e. The van der Waals surface area contributed by atoms with Gasteiger partial charge in [0.05, 0.1) is 5.92 Å². The van der Waals surface area contributed by atoms with Crippen LogP contribution in [-0.4, -0.2) is 63.1 Å². The molecule has 1 aromatic carbocycles. The predicted octanol–water partition coefficient (Wildman–Crippen LogP) is 0.424. The fourth-order valence-electron chi connectivity index (χ4n) is 2.92. The van der Waals surface area contributed by atoms with E-state index < -0.39 is 48.6 Å². The molecule has 0 amide bonds. The van der Waals surface area contributed by atoms with Crippen molar-refractivity contribution in [2.45, 2.75) is 63.8 Å². The van der Waals surface area contributed by atoms with Crippen molar-refractivity contribution < 1.29 is 39.5 Å². The zero-order valence-corrected chi connectivity index (χ0v) is 15.5. The van der Waals surface area contributed by atoms with Crippen LogP contribution in [0.15, 0.2) is 24.3 Å². The van der Waals surface area contributed by atoms with Gasteiger partial charge >= 0.3 is 11.9 Å². The number of carbonyl (C=O) groups is 2. The Hall–Kier alpha value is -2.00. The van der Waals surface area contributed by atoms with Crippen LogP contribution in [0, 0.1) is 5.92 Å². The number of esters is 1. The van der Waals surface area contributed by atoms with Crippen molar-refractivity contribution in [3.63, 3.8) is 0 Å². The molecular weight excluding hydrogens is 356 g/mol. The highest BCUT2D eigenvalue weighted by Gasteiger charge is 2.48. The van der Waals surface area contributed by atoms with Crippen molar-refractivity contribution in [2.24, 2.45) is 5.92 Å². The summed E-state index contributed by atoms with van der Waals surface area (Å²) in [5.41, 5.74) is 1.83. The summed E-state index contributed by atoms with van der Waals surface area (Å²) in [6.45, 7) is 5.83. The third kappa shape index (κ3) is 5.04. The normalized spacial score (nSPS) is 29.4. The molecule has 6 atom stereocenters. The number of carboxylic acids is 1. The molecule has 1 saturated heterocycles. The second kappa shape index (κ2) is 8.79. The maximum absolute atomic E-state index is 12.4. The second-order valence-electron chi connectivity index (χ2n) is 7.23. The van der Waals surface area contributed by atoms with Crippen molar-refractivity contribution in [1.29, 1.82) is 0 Å². The van der Waals surface area contributed by atoms with Gasteiger partial charge in [-0.1, -0.05) is 38.1 Å². The molecule has 1 fully saturated rings. The minimum absolute atomic E-state index is 0.507. The Morgan fingerprint density at radius 1 is 1.04 bits per heavy atom. The molecule has 0 saturated carbocycles. The summed E-state index contributed by atoms with van der Waals surface area (Å²) in [6.07, 6.45) is -8.01. The molecule has 8 nitrogen and oxygen atoms in total. The topological polar surface area (TPSA) is 134 Å². The molecule has 1 heterocycles. The van der Waals surface area contributed by atoms with Crippen LogP contribution in [0.5, 0.6) is 0 Å². The van der Waals surface area contributed by atoms with Crippen LogP contribution in [0.1, 0.15) is 37.8 Å². The Kier molecular flexibility index (Phi) is 6.94. The molecule has 1 aromatic rings. The smallest absolute Gasteiger partial charge is 0.335 e. The van der Waals surface area contributed by atoms with Crippen LogP contribution in [0.3, 0.4) is 0 Å². The highest BCUT2D eigenvalue weighted by Crippen LogP contribution is 2.25. The lowest BCUT2D eigenvalue weighted by Gasteiger charge is -2.38. The van der Waals surface area contributed by atoms with E-state index in [0.717, 1.165) is 12.0 Å². The summed E-state index contributed by atoms with van der Waals surface area (Å²) < 4.78 is 10.0. The molecule has 0 spiro atoms. The van der Waals surface area contributed by atoms with Crippen LogP contribution in [0.4, 0.5) is 0 Å². The first-order valence-corrected chi connectivity index (χ1v) is 8.83. The fourth-order valence-corrected chi connectivity index (χ4v) is 2.92. The van der Waals surface area contributed by atoms with Gasteiger partial charge in [0.25, 0.3) is 0 Å². The van der Waals surface area contributed by atoms with Crippen molar-refractivity contribution in [2.75, 3.05) is 0 Å². The predicted molar refractivity (Wildman–Crippen MR) is 93.8 cm³/mol. The minimum atomic E-state index is -1.83. The Bertz CT molecular complexity index is 656. The Labute approximate surface area is 157 Å². The number of aliphatic hydroxyl groups excluding tert-OH is 3. The summed E-state index contributed by atoms with van der Waals surface area (Å²) in [6, 6.07) is 7.46. The van der Waals surface area contributed by atoms with E-state index >= 15 is 0 Å². The molecule has 2 rings (SSSR count). The van der Waals surface area contributed by atoms with Crippen molar-refractivity contribution >= 4 is 11.9 Å². The summed E-state index contributed by atoms with van der Waals surface area (Å²) in [5, 5.41) is 38.4. The molecule has 27 heavy (non-hydrogen) atoms. The van der Waals surface area contributed by atoms with Gasteiger partial charge in [-0.3, -0.25) is 4.79 Å². The zero-order chi connectivity index (χ0) is 20.3. The molecule has 0 unspecified atom stereocenters. The van der Waals surface area contributed by atoms with Gasteiger partial charge in [-0.05, 0) is 30.4 Å². The molecule has 0 aliphatic carbocycles. The van der Waals surface area contributed by atoms with Crippen LogP contribution in [0.2, 0.25) is 0 Å². The number of aliphatic hydroxyl groups is 3. The van der Waals surface area contributed by atoms with Gasteiger partial charge in [-0.25, -0.2) is 4.79 Å². The SMILES string of the molecule is CC(C)Cc1ccc([C@H](C)C(=O)O[C@H]2O[C@@H](C(=O)O)[C@H](O)[C@@H](O)[C@@H]2O)cc1. The number of hydrogen-bond donors (Lipinski definition) is 4. The van der Waals surface area contributed by atoms with Gasteiger partial charge in [0.1, 0.15) is 18.3 Å². The van der Waals surface area contributed by atoms with E-state index in [-0.39, 0.29) is 0 Å². The summed E-state index contributed by atoms with van der Waals surface area (Å²) in [5.74, 6) is -2.47. The average molecular weight is 382 g/mol. The zero-order valence-electron chi connectivity index (χ0n) is 15.5. The molecule has 8 heteroatoms. The molecule has 0 bridgehead atoms. The number of hydrogen-bond acceptors (Lipinski definition) is 7. The van der Waals surface area contributed by atoms with Gasteiger partial charge < -0.3 is 29.9 Å². The number of carboxylic acid groups (broad SMARTS) is 1. The highest BCUT2D eigenvalue weighted by atomic mass is 16.7. The van der Waals surface area contributed by atoms with Gasteiger partial charge in [0.15, 0.2) is 6.10 Å². The van der Waals surface area contributed by atoms with E-state index in [2.05, 4.69) is 13.8 Å². The van der Waals surface area contributed by atoms with Gasteiger partial charge in [0.2, 0.25) is 6.29 Å². The van der Waals surface area contributed by atoms with E-state index in [9.17, 15) is 24.9 Å². The average Bonchev–Trinajstić information content (AvgIpc) is 2.61. The van der Waals surface area contributed by atoms with Crippen LogP contribution in [-0.2, 0) is 25.5 Å². The molecule has 0 aromatic heterocycles. The number of aliphatic carboxylic acids is 1. The lowest BCUT2D eigenvalue weighted by molar-refractivity contribution is -0.286.